The number of hydrogen-bond acceptors (Lipinski definition) is 2. The molecule has 0 saturated heterocycles. The van der Waals surface area contributed by atoms with Gasteiger partial charge in [0.25, 0.3) is 0 Å². The second-order valence-electron chi connectivity index (χ2n) is 4.65. The number of amides is 2. The van der Waals surface area contributed by atoms with Gasteiger partial charge < -0.3 is 15.3 Å². The van der Waals surface area contributed by atoms with Crippen LogP contribution in [0.15, 0.2) is 0 Å². The number of carboxylic acid groups (broad SMARTS) is 1. The van der Waals surface area contributed by atoms with Crippen LogP contribution in [0, 0.1) is 5.92 Å². The van der Waals surface area contributed by atoms with Crippen LogP contribution in [0.4, 0.5) is 4.79 Å². The molecule has 0 aliphatic carbocycles. The van der Waals surface area contributed by atoms with Crippen LogP contribution in [0.3, 0.4) is 0 Å². The molecule has 100 valence electrons. The lowest BCUT2D eigenvalue weighted by Gasteiger charge is -2.29. The van der Waals surface area contributed by atoms with E-state index < -0.39 is 11.9 Å². The van der Waals surface area contributed by atoms with E-state index in [0.717, 1.165) is 6.42 Å². The van der Waals surface area contributed by atoms with Crippen LogP contribution >= 0.6 is 0 Å². The van der Waals surface area contributed by atoms with Gasteiger partial charge in [0.2, 0.25) is 0 Å². The molecular weight excluding hydrogens is 220 g/mol. The highest BCUT2D eigenvalue weighted by Gasteiger charge is 2.24. The van der Waals surface area contributed by atoms with Crippen molar-refractivity contribution in [2.45, 2.75) is 53.1 Å². The maximum absolute atomic E-state index is 11.9. The van der Waals surface area contributed by atoms with E-state index in [0.29, 0.717) is 6.54 Å². The highest BCUT2D eigenvalue weighted by molar-refractivity contribution is 5.76. The van der Waals surface area contributed by atoms with Gasteiger partial charge in [0.1, 0.15) is 0 Å². The number of carbonyl (C=O) groups excluding carboxylic acids is 1. The number of urea groups is 1. The number of nitrogens with one attached hydrogen (secondary N) is 1. The number of carboxylic acids is 1. The lowest BCUT2D eigenvalue weighted by molar-refractivity contribution is -0.141. The number of carbonyl (C=O) groups is 2. The molecule has 0 spiro atoms. The molecule has 2 atom stereocenters. The van der Waals surface area contributed by atoms with Gasteiger partial charge in [-0.05, 0) is 34.1 Å². The minimum atomic E-state index is -0.899. The summed E-state index contributed by atoms with van der Waals surface area (Å²) in [6.45, 7) is 9.87. The molecule has 5 heteroatoms. The summed E-state index contributed by atoms with van der Waals surface area (Å²) in [5.41, 5.74) is 0. The Morgan fingerprint density at radius 3 is 2.12 bits per heavy atom. The van der Waals surface area contributed by atoms with Crippen LogP contribution in [0.5, 0.6) is 0 Å². The molecule has 0 bridgehead atoms. The number of hydrogen-bond donors (Lipinski definition) is 2. The van der Waals surface area contributed by atoms with Crippen molar-refractivity contribution in [3.05, 3.63) is 0 Å². The van der Waals surface area contributed by atoms with Gasteiger partial charge in [-0.1, -0.05) is 6.92 Å². The molecule has 0 fully saturated rings. The van der Waals surface area contributed by atoms with Crippen molar-refractivity contribution in [2.75, 3.05) is 6.54 Å². The van der Waals surface area contributed by atoms with Crippen LogP contribution < -0.4 is 5.32 Å². The first kappa shape index (κ1) is 15.7. The van der Waals surface area contributed by atoms with Crippen LogP contribution in [-0.4, -0.2) is 40.6 Å². The molecule has 2 unspecified atom stereocenters. The Morgan fingerprint density at radius 2 is 1.76 bits per heavy atom. The summed E-state index contributed by atoms with van der Waals surface area (Å²) in [6, 6.07) is -0.456. The third kappa shape index (κ3) is 5.06. The fourth-order valence-corrected chi connectivity index (χ4v) is 1.45. The summed E-state index contributed by atoms with van der Waals surface area (Å²) in [4.78, 5) is 24.4. The van der Waals surface area contributed by atoms with Crippen molar-refractivity contribution in [3.63, 3.8) is 0 Å². The van der Waals surface area contributed by atoms with Gasteiger partial charge in [-0.3, -0.25) is 4.79 Å². The summed E-state index contributed by atoms with van der Waals surface area (Å²) in [7, 11) is 0. The van der Waals surface area contributed by atoms with Crippen LogP contribution in [0.1, 0.15) is 41.0 Å². The summed E-state index contributed by atoms with van der Waals surface area (Å²) in [5, 5.41) is 11.6. The van der Waals surface area contributed by atoms with E-state index in [9.17, 15) is 9.59 Å². The van der Waals surface area contributed by atoms with Crippen molar-refractivity contribution in [2.24, 2.45) is 5.92 Å². The second kappa shape index (κ2) is 7.14. The monoisotopic (exact) mass is 244 g/mol. The Labute approximate surface area is 103 Å². The molecular formula is C12H24N2O3. The molecule has 5 nitrogen and oxygen atoms in total. The summed E-state index contributed by atoms with van der Waals surface area (Å²) in [5.74, 6) is -1.49. The van der Waals surface area contributed by atoms with Gasteiger partial charge in [0.05, 0.1) is 5.92 Å². The minimum Gasteiger partial charge on any atom is -0.481 e. The Kier molecular flexibility index (Phi) is 6.61. The van der Waals surface area contributed by atoms with E-state index in [1.165, 1.54) is 0 Å². The molecule has 0 aliphatic heterocycles. The quantitative estimate of drug-likeness (QED) is 0.750. The first-order valence-corrected chi connectivity index (χ1v) is 6.11. The third-order valence-corrected chi connectivity index (χ3v) is 2.84. The molecule has 0 rings (SSSR count). The molecule has 0 aromatic carbocycles. The number of aliphatic carboxylic acids is 1. The van der Waals surface area contributed by atoms with Gasteiger partial charge in [-0.25, -0.2) is 4.79 Å². The summed E-state index contributed by atoms with van der Waals surface area (Å²) in [6.07, 6.45) is 0.883. The first-order chi connectivity index (χ1) is 7.81. The van der Waals surface area contributed by atoms with E-state index in [-0.39, 0.29) is 18.1 Å². The van der Waals surface area contributed by atoms with Gasteiger partial charge in [0, 0.05) is 18.6 Å². The SMILES string of the molecule is CCCN(C(=O)NC(C)C(C)C(=O)O)C(C)C. The van der Waals surface area contributed by atoms with E-state index in [4.69, 9.17) is 5.11 Å². The van der Waals surface area contributed by atoms with E-state index in [2.05, 4.69) is 5.32 Å². The van der Waals surface area contributed by atoms with E-state index >= 15 is 0 Å². The van der Waals surface area contributed by atoms with Crippen molar-refractivity contribution >= 4 is 12.0 Å². The highest BCUT2D eigenvalue weighted by atomic mass is 16.4. The molecule has 0 aromatic rings. The highest BCUT2D eigenvalue weighted by Crippen LogP contribution is 2.06. The molecule has 0 heterocycles. The van der Waals surface area contributed by atoms with Crippen molar-refractivity contribution in [1.29, 1.82) is 0 Å². The van der Waals surface area contributed by atoms with Crippen molar-refractivity contribution < 1.29 is 14.7 Å². The molecule has 0 aromatic heterocycles. The lowest BCUT2D eigenvalue weighted by Crippen LogP contribution is -2.49. The molecule has 17 heavy (non-hydrogen) atoms. The average Bonchev–Trinajstić information content (AvgIpc) is 2.23. The molecule has 0 radical (unpaired) electrons. The predicted octanol–water partition coefficient (Wildman–Crippen LogP) is 1.93. The van der Waals surface area contributed by atoms with Gasteiger partial charge in [-0.15, -0.1) is 0 Å². The smallest absolute Gasteiger partial charge is 0.317 e. The zero-order valence-corrected chi connectivity index (χ0v) is 11.4. The topological polar surface area (TPSA) is 69.6 Å². The Balaban J connectivity index is 4.44. The van der Waals surface area contributed by atoms with Crippen LogP contribution in [-0.2, 0) is 4.79 Å². The van der Waals surface area contributed by atoms with Gasteiger partial charge >= 0.3 is 12.0 Å². The fraction of sp³-hybridized carbons (Fsp3) is 0.833. The second-order valence-corrected chi connectivity index (χ2v) is 4.65. The van der Waals surface area contributed by atoms with Crippen LogP contribution in [0.2, 0.25) is 0 Å². The lowest BCUT2D eigenvalue weighted by atomic mass is 10.0. The van der Waals surface area contributed by atoms with Gasteiger partial charge in [0.15, 0.2) is 0 Å². The predicted molar refractivity (Wildman–Crippen MR) is 66.9 cm³/mol. The molecule has 0 saturated carbocycles. The number of nitrogens with zero attached hydrogens (tertiary/aromatic N) is 1. The maximum Gasteiger partial charge on any atom is 0.317 e. The standard InChI is InChI=1S/C12H24N2O3/c1-6-7-14(8(2)3)12(17)13-10(5)9(4)11(15)16/h8-10H,6-7H2,1-5H3,(H,13,17)(H,15,16). The Bertz CT molecular complexity index is 266. The maximum atomic E-state index is 11.9. The van der Waals surface area contributed by atoms with E-state index in [1.807, 2.05) is 20.8 Å². The van der Waals surface area contributed by atoms with E-state index in [1.54, 1.807) is 18.7 Å². The first-order valence-electron chi connectivity index (χ1n) is 6.11. The molecule has 0 aliphatic rings. The average molecular weight is 244 g/mol. The Morgan fingerprint density at radius 1 is 1.24 bits per heavy atom. The Hall–Kier alpha value is -1.26. The summed E-state index contributed by atoms with van der Waals surface area (Å²) >= 11 is 0. The number of rotatable bonds is 6. The third-order valence-electron chi connectivity index (χ3n) is 2.84. The normalized spacial score (nSPS) is 14.2. The van der Waals surface area contributed by atoms with Crippen LogP contribution in [0.25, 0.3) is 0 Å². The minimum absolute atomic E-state index is 0.113. The van der Waals surface area contributed by atoms with Crippen molar-refractivity contribution in [3.8, 4) is 0 Å². The largest absolute Gasteiger partial charge is 0.481 e. The molecule has 2 amide bonds. The summed E-state index contributed by atoms with van der Waals surface area (Å²) < 4.78 is 0. The van der Waals surface area contributed by atoms with Crippen molar-refractivity contribution in [1.82, 2.24) is 10.2 Å². The fourth-order valence-electron chi connectivity index (χ4n) is 1.45. The molecule has 2 N–H and O–H groups in total. The zero-order valence-electron chi connectivity index (χ0n) is 11.4. The van der Waals surface area contributed by atoms with Gasteiger partial charge in [-0.2, -0.15) is 0 Å². The zero-order chi connectivity index (χ0) is 13.6.